The number of nitrogens with zero attached hydrogens (tertiary/aromatic N) is 1. The number of rotatable bonds is 5. The Morgan fingerprint density at radius 3 is 2.76 bits per heavy atom. The van der Waals surface area contributed by atoms with Gasteiger partial charge in [0.1, 0.15) is 0 Å². The van der Waals surface area contributed by atoms with E-state index < -0.39 is 0 Å². The highest BCUT2D eigenvalue weighted by Gasteiger charge is 2.03. The number of hydrogen-bond acceptors (Lipinski definition) is 1. The fourth-order valence-corrected chi connectivity index (χ4v) is 2.16. The van der Waals surface area contributed by atoms with E-state index in [-0.39, 0.29) is 0 Å². The van der Waals surface area contributed by atoms with Crippen LogP contribution in [0.5, 0.6) is 0 Å². The summed E-state index contributed by atoms with van der Waals surface area (Å²) in [5.41, 5.74) is 2.72. The molecule has 0 saturated heterocycles. The van der Waals surface area contributed by atoms with Crippen LogP contribution in [-0.4, -0.2) is 11.1 Å². The van der Waals surface area contributed by atoms with Crippen molar-refractivity contribution in [3.05, 3.63) is 36.0 Å². The summed E-state index contributed by atoms with van der Waals surface area (Å²) in [5, 5.41) is 4.71. The van der Waals surface area contributed by atoms with E-state index in [1.807, 2.05) is 0 Å². The SMILES string of the molecule is CCNCc1ccc2ccn(CC(C)C)c2c1. The van der Waals surface area contributed by atoms with Crippen molar-refractivity contribution < 1.29 is 0 Å². The maximum Gasteiger partial charge on any atom is 0.0483 e. The van der Waals surface area contributed by atoms with Gasteiger partial charge in [-0.05, 0) is 35.5 Å². The average molecular weight is 230 g/mol. The molecule has 0 unspecified atom stereocenters. The number of nitrogens with one attached hydrogen (secondary N) is 1. The third-order valence-corrected chi connectivity index (χ3v) is 2.98. The minimum absolute atomic E-state index is 0.683. The molecule has 0 spiro atoms. The van der Waals surface area contributed by atoms with E-state index in [0.717, 1.165) is 19.6 Å². The smallest absolute Gasteiger partial charge is 0.0483 e. The van der Waals surface area contributed by atoms with Crippen molar-refractivity contribution in [1.82, 2.24) is 9.88 Å². The standard InChI is InChI=1S/C15H22N2/c1-4-16-10-13-5-6-14-7-8-17(11-12(2)3)15(14)9-13/h5-9,12,16H,4,10-11H2,1-3H3. The first-order chi connectivity index (χ1) is 8.20. The minimum atomic E-state index is 0.683. The lowest BCUT2D eigenvalue weighted by Crippen LogP contribution is -2.11. The highest BCUT2D eigenvalue weighted by molar-refractivity contribution is 5.80. The van der Waals surface area contributed by atoms with Gasteiger partial charge in [0.25, 0.3) is 0 Å². The summed E-state index contributed by atoms with van der Waals surface area (Å²) in [7, 11) is 0. The second-order valence-corrected chi connectivity index (χ2v) is 5.04. The van der Waals surface area contributed by atoms with Crippen molar-refractivity contribution in [1.29, 1.82) is 0 Å². The second-order valence-electron chi connectivity index (χ2n) is 5.04. The molecule has 0 aliphatic carbocycles. The maximum absolute atomic E-state index is 3.37. The van der Waals surface area contributed by atoms with Crippen molar-refractivity contribution in [2.75, 3.05) is 6.54 Å². The van der Waals surface area contributed by atoms with Gasteiger partial charge in [0, 0.05) is 24.8 Å². The van der Waals surface area contributed by atoms with E-state index in [0.29, 0.717) is 5.92 Å². The van der Waals surface area contributed by atoms with Gasteiger partial charge in [-0.1, -0.05) is 32.9 Å². The molecule has 1 aromatic carbocycles. The lowest BCUT2D eigenvalue weighted by Gasteiger charge is -2.09. The van der Waals surface area contributed by atoms with Crippen LogP contribution in [-0.2, 0) is 13.1 Å². The Bertz CT molecular complexity index is 483. The Morgan fingerprint density at radius 2 is 2.06 bits per heavy atom. The highest BCUT2D eigenvalue weighted by Crippen LogP contribution is 2.19. The van der Waals surface area contributed by atoms with Crippen molar-refractivity contribution in [2.45, 2.75) is 33.9 Å². The molecule has 0 amide bonds. The lowest BCUT2D eigenvalue weighted by molar-refractivity contribution is 0.535. The lowest BCUT2D eigenvalue weighted by atomic mass is 10.1. The summed E-state index contributed by atoms with van der Waals surface area (Å²) < 4.78 is 2.36. The largest absolute Gasteiger partial charge is 0.347 e. The molecule has 0 radical (unpaired) electrons. The first kappa shape index (κ1) is 12.2. The molecule has 0 aliphatic rings. The topological polar surface area (TPSA) is 17.0 Å². The molecule has 92 valence electrons. The number of aromatic nitrogens is 1. The summed E-state index contributed by atoms with van der Waals surface area (Å²) in [6, 6.07) is 8.94. The van der Waals surface area contributed by atoms with Crippen LogP contribution in [0.4, 0.5) is 0 Å². The summed E-state index contributed by atoms with van der Waals surface area (Å²) in [6.45, 7) is 9.72. The number of benzene rings is 1. The quantitative estimate of drug-likeness (QED) is 0.833. The minimum Gasteiger partial charge on any atom is -0.347 e. The van der Waals surface area contributed by atoms with Crippen molar-refractivity contribution in [3.63, 3.8) is 0 Å². The van der Waals surface area contributed by atoms with Crippen LogP contribution in [0.15, 0.2) is 30.5 Å². The molecular formula is C15H22N2. The second kappa shape index (κ2) is 5.37. The molecule has 1 N–H and O–H groups in total. The molecule has 0 fully saturated rings. The predicted octanol–water partition coefficient (Wildman–Crippen LogP) is 3.41. The van der Waals surface area contributed by atoms with Crippen LogP contribution >= 0.6 is 0 Å². The molecule has 1 heterocycles. The van der Waals surface area contributed by atoms with Gasteiger partial charge in [0.2, 0.25) is 0 Å². The van der Waals surface area contributed by atoms with Crippen molar-refractivity contribution in [3.8, 4) is 0 Å². The molecular weight excluding hydrogens is 208 g/mol. The Balaban J connectivity index is 2.29. The van der Waals surface area contributed by atoms with Gasteiger partial charge in [-0.15, -0.1) is 0 Å². The van der Waals surface area contributed by atoms with Crippen LogP contribution in [0, 0.1) is 5.92 Å². The summed E-state index contributed by atoms with van der Waals surface area (Å²) in [5.74, 6) is 0.683. The Labute approximate surface area is 104 Å². The van der Waals surface area contributed by atoms with Gasteiger partial charge in [0.05, 0.1) is 0 Å². The van der Waals surface area contributed by atoms with Crippen molar-refractivity contribution in [2.24, 2.45) is 5.92 Å². The van der Waals surface area contributed by atoms with Crippen LogP contribution < -0.4 is 5.32 Å². The van der Waals surface area contributed by atoms with E-state index in [2.05, 4.69) is 61.1 Å². The zero-order valence-corrected chi connectivity index (χ0v) is 11.0. The molecule has 0 bridgehead atoms. The highest BCUT2D eigenvalue weighted by atomic mass is 15.0. The van der Waals surface area contributed by atoms with Gasteiger partial charge in [-0.25, -0.2) is 0 Å². The molecule has 1 aromatic heterocycles. The molecule has 17 heavy (non-hydrogen) atoms. The first-order valence-electron chi connectivity index (χ1n) is 6.49. The fraction of sp³-hybridized carbons (Fsp3) is 0.467. The van der Waals surface area contributed by atoms with Gasteiger partial charge in [-0.3, -0.25) is 0 Å². The molecule has 0 saturated carbocycles. The van der Waals surface area contributed by atoms with Gasteiger partial charge >= 0.3 is 0 Å². The Hall–Kier alpha value is -1.28. The molecule has 0 aliphatic heterocycles. The van der Waals surface area contributed by atoms with Gasteiger partial charge in [0.15, 0.2) is 0 Å². The van der Waals surface area contributed by atoms with Crippen LogP contribution in [0.3, 0.4) is 0 Å². The molecule has 0 atom stereocenters. The predicted molar refractivity (Wildman–Crippen MR) is 74.2 cm³/mol. The Kier molecular flexibility index (Phi) is 3.85. The number of hydrogen-bond donors (Lipinski definition) is 1. The summed E-state index contributed by atoms with van der Waals surface area (Å²) >= 11 is 0. The van der Waals surface area contributed by atoms with Crippen LogP contribution in [0.2, 0.25) is 0 Å². The monoisotopic (exact) mass is 230 g/mol. The zero-order valence-electron chi connectivity index (χ0n) is 11.0. The maximum atomic E-state index is 3.37. The Morgan fingerprint density at radius 1 is 1.24 bits per heavy atom. The average Bonchev–Trinajstić information content (AvgIpc) is 2.69. The fourth-order valence-electron chi connectivity index (χ4n) is 2.16. The summed E-state index contributed by atoms with van der Waals surface area (Å²) in [4.78, 5) is 0. The van der Waals surface area contributed by atoms with E-state index in [1.54, 1.807) is 0 Å². The van der Waals surface area contributed by atoms with E-state index in [9.17, 15) is 0 Å². The first-order valence-corrected chi connectivity index (χ1v) is 6.49. The van der Waals surface area contributed by atoms with Gasteiger partial charge in [-0.2, -0.15) is 0 Å². The van der Waals surface area contributed by atoms with Crippen LogP contribution in [0.25, 0.3) is 10.9 Å². The molecule has 2 aromatic rings. The molecule has 2 nitrogen and oxygen atoms in total. The van der Waals surface area contributed by atoms with Gasteiger partial charge < -0.3 is 9.88 Å². The summed E-state index contributed by atoms with van der Waals surface area (Å²) in [6.07, 6.45) is 2.20. The third kappa shape index (κ3) is 2.89. The van der Waals surface area contributed by atoms with E-state index in [1.165, 1.54) is 16.5 Å². The third-order valence-electron chi connectivity index (χ3n) is 2.98. The zero-order chi connectivity index (χ0) is 12.3. The molecule has 2 rings (SSSR count). The van der Waals surface area contributed by atoms with Crippen LogP contribution in [0.1, 0.15) is 26.3 Å². The van der Waals surface area contributed by atoms with Crippen molar-refractivity contribution >= 4 is 10.9 Å². The van der Waals surface area contributed by atoms with E-state index >= 15 is 0 Å². The molecule has 2 heteroatoms. The van der Waals surface area contributed by atoms with E-state index in [4.69, 9.17) is 0 Å². The normalized spacial score (nSPS) is 11.5. The number of fused-ring (bicyclic) bond motifs is 1.